The van der Waals surface area contributed by atoms with Crippen LogP contribution in [0.3, 0.4) is 0 Å². The highest BCUT2D eigenvalue weighted by molar-refractivity contribution is 7.99. The van der Waals surface area contributed by atoms with Crippen LogP contribution in [0.1, 0.15) is 17.5 Å². The lowest BCUT2D eigenvalue weighted by molar-refractivity contribution is -0.137. The van der Waals surface area contributed by atoms with Crippen LogP contribution in [-0.4, -0.2) is 31.1 Å². The second-order valence-electron chi connectivity index (χ2n) is 4.84. The van der Waals surface area contributed by atoms with E-state index in [1.807, 2.05) is 4.90 Å². The van der Waals surface area contributed by atoms with E-state index in [0.717, 1.165) is 17.9 Å². The molecule has 0 radical (unpaired) electrons. The molecule has 0 bridgehead atoms. The van der Waals surface area contributed by atoms with Crippen molar-refractivity contribution in [2.75, 3.05) is 36.0 Å². The van der Waals surface area contributed by atoms with E-state index in [1.54, 1.807) is 23.9 Å². The van der Waals surface area contributed by atoms with Gasteiger partial charge in [-0.2, -0.15) is 24.9 Å². The molecule has 1 aromatic rings. The molecule has 0 saturated carbocycles. The summed E-state index contributed by atoms with van der Waals surface area (Å²) in [6.45, 7) is 1.72. The molecule has 1 aromatic carbocycles. The number of anilines is 1. The molecule has 0 atom stereocenters. The van der Waals surface area contributed by atoms with Crippen molar-refractivity contribution in [2.45, 2.75) is 19.0 Å². The zero-order chi connectivity index (χ0) is 14.6. The van der Waals surface area contributed by atoms with Gasteiger partial charge in [0.1, 0.15) is 0 Å². The molecule has 1 aliphatic rings. The molecule has 0 amide bonds. The van der Waals surface area contributed by atoms with Crippen molar-refractivity contribution in [1.82, 2.24) is 0 Å². The Bertz CT molecular complexity index is 441. The van der Waals surface area contributed by atoms with Crippen molar-refractivity contribution in [1.29, 1.82) is 0 Å². The van der Waals surface area contributed by atoms with E-state index in [4.69, 9.17) is 5.73 Å². The number of hydrogen-bond donors (Lipinski definition) is 1. The molecular formula is C14H19F3N2S. The number of nitrogens with zero attached hydrogens (tertiary/aromatic N) is 1. The Hall–Kier alpha value is -0.880. The lowest BCUT2D eigenvalue weighted by Crippen LogP contribution is -2.28. The molecular weight excluding hydrogens is 285 g/mol. The fraction of sp³-hybridized carbons (Fsp3) is 0.571. The molecule has 1 fully saturated rings. The molecule has 20 heavy (non-hydrogen) atoms. The molecule has 0 spiro atoms. The molecule has 2 rings (SSSR count). The van der Waals surface area contributed by atoms with Crippen LogP contribution in [0.5, 0.6) is 0 Å². The van der Waals surface area contributed by atoms with Gasteiger partial charge in [0.05, 0.1) is 5.56 Å². The standard InChI is InChI=1S/C14H19F3N2S/c15-14(16,17)12-10-11(4-5-18)2-3-13(12)19-6-1-8-20-9-7-19/h2-3,10H,1,4-9,18H2. The van der Waals surface area contributed by atoms with Crippen molar-refractivity contribution in [3.8, 4) is 0 Å². The van der Waals surface area contributed by atoms with Gasteiger partial charge in [-0.25, -0.2) is 0 Å². The maximum atomic E-state index is 13.3. The second-order valence-corrected chi connectivity index (χ2v) is 6.07. The van der Waals surface area contributed by atoms with Crippen molar-refractivity contribution >= 4 is 17.4 Å². The zero-order valence-corrected chi connectivity index (χ0v) is 12.1. The molecule has 2 N–H and O–H groups in total. The van der Waals surface area contributed by atoms with Gasteiger partial charge in [-0.1, -0.05) is 6.07 Å². The van der Waals surface area contributed by atoms with E-state index >= 15 is 0 Å². The summed E-state index contributed by atoms with van der Waals surface area (Å²) in [4.78, 5) is 1.86. The average Bonchev–Trinajstić information content (AvgIpc) is 2.67. The summed E-state index contributed by atoms with van der Waals surface area (Å²) >= 11 is 1.80. The Morgan fingerprint density at radius 2 is 2.00 bits per heavy atom. The molecule has 0 unspecified atom stereocenters. The third-order valence-corrected chi connectivity index (χ3v) is 4.41. The van der Waals surface area contributed by atoms with E-state index in [0.29, 0.717) is 37.3 Å². The van der Waals surface area contributed by atoms with E-state index in [2.05, 4.69) is 0 Å². The first-order chi connectivity index (χ1) is 9.52. The van der Waals surface area contributed by atoms with E-state index in [9.17, 15) is 13.2 Å². The van der Waals surface area contributed by atoms with Crippen molar-refractivity contribution in [3.05, 3.63) is 29.3 Å². The second kappa shape index (κ2) is 6.72. The van der Waals surface area contributed by atoms with Crippen LogP contribution in [0.15, 0.2) is 18.2 Å². The molecule has 1 saturated heterocycles. The third-order valence-electron chi connectivity index (χ3n) is 3.36. The normalized spacial score (nSPS) is 17.1. The van der Waals surface area contributed by atoms with Gasteiger partial charge in [0, 0.05) is 24.5 Å². The Morgan fingerprint density at radius 3 is 2.70 bits per heavy atom. The van der Waals surface area contributed by atoms with Gasteiger partial charge in [0.2, 0.25) is 0 Å². The topological polar surface area (TPSA) is 29.3 Å². The molecule has 6 heteroatoms. The molecule has 112 valence electrons. The molecule has 2 nitrogen and oxygen atoms in total. The summed E-state index contributed by atoms with van der Waals surface area (Å²) in [5.74, 6) is 1.89. The van der Waals surface area contributed by atoms with Gasteiger partial charge >= 0.3 is 6.18 Å². The fourth-order valence-corrected chi connectivity index (χ4v) is 3.28. The average molecular weight is 304 g/mol. The Balaban J connectivity index is 2.35. The highest BCUT2D eigenvalue weighted by Crippen LogP contribution is 2.38. The minimum atomic E-state index is -4.32. The summed E-state index contributed by atoms with van der Waals surface area (Å²) in [6, 6.07) is 4.61. The van der Waals surface area contributed by atoms with Crippen LogP contribution in [-0.2, 0) is 12.6 Å². The monoisotopic (exact) mass is 304 g/mol. The Kier molecular flexibility index (Phi) is 5.21. The maximum absolute atomic E-state index is 13.3. The quantitative estimate of drug-likeness (QED) is 0.930. The van der Waals surface area contributed by atoms with Crippen LogP contribution in [0.2, 0.25) is 0 Å². The summed E-state index contributed by atoms with van der Waals surface area (Å²) in [6.07, 6.45) is -2.93. The minimum Gasteiger partial charge on any atom is -0.370 e. The highest BCUT2D eigenvalue weighted by atomic mass is 32.2. The summed E-state index contributed by atoms with van der Waals surface area (Å²) in [5, 5.41) is 0. The van der Waals surface area contributed by atoms with Crippen LogP contribution in [0, 0.1) is 0 Å². The predicted octanol–water partition coefficient (Wildman–Crippen LogP) is 3.15. The Labute approximate surface area is 121 Å². The lowest BCUT2D eigenvalue weighted by Gasteiger charge is -2.26. The number of thioether (sulfide) groups is 1. The van der Waals surface area contributed by atoms with E-state index in [1.165, 1.54) is 6.07 Å². The highest BCUT2D eigenvalue weighted by Gasteiger charge is 2.35. The number of rotatable bonds is 3. The molecule has 0 aromatic heterocycles. The first-order valence-corrected chi connectivity index (χ1v) is 7.90. The van der Waals surface area contributed by atoms with E-state index < -0.39 is 11.7 Å². The van der Waals surface area contributed by atoms with E-state index in [-0.39, 0.29) is 0 Å². The van der Waals surface area contributed by atoms with Crippen LogP contribution in [0.4, 0.5) is 18.9 Å². The molecule has 0 aliphatic carbocycles. The smallest absolute Gasteiger partial charge is 0.370 e. The first kappa shape index (κ1) is 15.5. The maximum Gasteiger partial charge on any atom is 0.418 e. The molecule has 1 heterocycles. The fourth-order valence-electron chi connectivity index (χ4n) is 2.40. The number of benzene rings is 1. The Morgan fingerprint density at radius 1 is 1.20 bits per heavy atom. The van der Waals surface area contributed by atoms with Gasteiger partial charge in [-0.15, -0.1) is 0 Å². The van der Waals surface area contributed by atoms with Crippen LogP contribution in [0.25, 0.3) is 0 Å². The predicted molar refractivity (Wildman–Crippen MR) is 78.4 cm³/mol. The number of halogens is 3. The van der Waals surface area contributed by atoms with Gasteiger partial charge in [-0.05, 0) is 42.8 Å². The van der Waals surface area contributed by atoms with Gasteiger partial charge in [0.25, 0.3) is 0 Å². The summed E-state index contributed by atoms with van der Waals surface area (Å²) in [7, 11) is 0. The van der Waals surface area contributed by atoms with Gasteiger partial charge in [-0.3, -0.25) is 0 Å². The SMILES string of the molecule is NCCc1ccc(N2CCCSCC2)c(C(F)(F)F)c1. The zero-order valence-electron chi connectivity index (χ0n) is 11.2. The van der Waals surface area contributed by atoms with Crippen LogP contribution >= 0.6 is 11.8 Å². The largest absolute Gasteiger partial charge is 0.418 e. The van der Waals surface area contributed by atoms with Crippen LogP contribution < -0.4 is 10.6 Å². The number of alkyl halides is 3. The van der Waals surface area contributed by atoms with Gasteiger partial charge in [0.15, 0.2) is 0 Å². The molecule has 1 aliphatic heterocycles. The van der Waals surface area contributed by atoms with Gasteiger partial charge < -0.3 is 10.6 Å². The van der Waals surface area contributed by atoms with Crippen molar-refractivity contribution in [3.63, 3.8) is 0 Å². The number of nitrogens with two attached hydrogens (primary N) is 1. The summed E-state index contributed by atoms with van der Waals surface area (Å²) in [5.41, 5.74) is 5.85. The summed E-state index contributed by atoms with van der Waals surface area (Å²) < 4.78 is 39.8. The first-order valence-electron chi connectivity index (χ1n) is 6.75. The van der Waals surface area contributed by atoms with Crippen molar-refractivity contribution < 1.29 is 13.2 Å². The third kappa shape index (κ3) is 3.82. The lowest BCUT2D eigenvalue weighted by atomic mass is 10.0. The minimum absolute atomic E-state index is 0.306. The van der Waals surface area contributed by atoms with Crippen molar-refractivity contribution in [2.24, 2.45) is 5.73 Å². The number of hydrogen-bond acceptors (Lipinski definition) is 3.